The number of carbonyl (C=O) groups excluding carboxylic acids is 1. The van der Waals surface area contributed by atoms with Gasteiger partial charge in [-0.25, -0.2) is 0 Å². The molecule has 4 nitrogen and oxygen atoms in total. The minimum absolute atomic E-state index is 0.0820. The van der Waals surface area contributed by atoms with Crippen LogP contribution in [0.4, 0.5) is 5.69 Å². The van der Waals surface area contributed by atoms with Crippen molar-refractivity contribution in [3.05, 3.63) is 29.8 Å². The van der Waals surface area contributed by atoms with E-state index in [-0.39, 0.29) is 12.5 Å². The fourth-order valence-electron chi connectivity index (χ4n) is 2.25. The van der Waals surface area contributed by atoms with Gasteiger partial charge in [0.25, 0.3) is 0 Å². The maximum absolute atomic E-state index is 11.8. The van der Waals surface area contributed by atoms with Crippen molar-refractivity contribution in [3.63, 3.8) is 0 Å². The van der Waals surface area contributed by atoms with E-state index in [9.17, 15) is 4.79 Å². The van der Waals surface area contributed by atoms with Crippen molar-refractivity contribution in [2.45, 2.75) is 19.3 Å². The van der Waals surface area contributed by atoms with Crippen LogP contribution in [-0.2, 0) is 11.2 Å². The molecule has 18 heavy (non-hydrogen) atoms. The molecule has 1 atom stereocenters. The molecule has 4 heteroatoms. The topological polar surface area (TPSA) is 61.4 Å². The van der Waals surface area contributed by atoms with E-state index in [1.807, 2.05) is 24.3 Å². The number of benzene rings is 1. The van der Waals surface area contributed by atoms with Gasteiger partial charge < -0.3 is 15.7 Å². The van der Waals surface area contributed by atoms with Crippen LogP contribution in [0.15, 0.2) is 24.3 Å². The van der Waals surface area contributed by atoms with Crippen molar-refractivity contribution in [1.82, 2.24) is 5.32 Å². The third kappa shape index (κ3) is 3.82. The molecule has 1 saturated heterocycles. The number of rotatable bonds is 5. The molecule has 1 aliphatic rings. The zero-order valence-corrected chi connectivity index (χ0v) is 10.5. The maximum atomic E-state index is 11.8. The number of anilines is 1. The molecule has 1 unspecified atom stereocenters. The summed E-state index contributed by atoms with van der Waals surface area (Å²) in [6.07, 6.45) is 2.33. The van der Waals surface area contributed by atoms with Gasteiger partial charge in [0, 0.05) is 18.7 Å². The van der Waals surface area contributed by atoms with Gasteiger partial charge >= 0.3 is 0 Å². The van der Waals surface area contributed by atoms with E-state index in [4.69, 9.17) is 5.11 Å². The van der Waals surface area contributed by atoms with E-state index in [1.54, 1.807) is 0 Å². The molecule has 0 bridgehead atoms. The largest absolute Gasteiger partial charge is 0.396 e. The van der Waals surface area contributed by atoms with E-state index < -0.39 is 0 Å². The maximum Gasteiger partial charge on any atom is 0.224 e. The molecule has 1 aliphatic heterocycles. The van der Waals surface area contributed by atoms with Gasteiger partial charge in [-0.1, -0.05) is 12.1 Å². The fraction of sp³-hybridized carbons (Fsp3) is 0.500. The Morgan fingerprint density at radius 3 is 2.78 bits per heavy atom. The highest BCUT2D eigenvalue weighted by molar-refractivity contribution is 5.90. The highest BCUT2D eigenvalue weighted by Crippen LogP contribution is 2.15. The molecule has 1 amide bonds. The van der Waals surface area contributed by atoms with Crippen LogP contribution in [0.1, 0.15) is 18.4 Å². The van der Waals surface area contributed by atoms with E-state index in [0.29, 0.717) is 18.8 Å². The smallest absolute Gasteiger partial charge is 0.224 e. The summed E-state index contributed by atoms with van der Waals surface area (Å²) in [5.41, 5.74) is 1.91. The van der Waals surface area contributed by atoms with Crippen LogP contribution in [0.3, 0.4) is 0 Å². The average molecular weight is 248 g/mol. The van der Waals surface area contributed by atoms with Gasteiger partial charge in [0.1, 0.15) is 0 Å². The van der Waals surface area contributed by atoms with Gasteiger partial charge in [-0.05, 0) is 49.5 Å². The number of nitrogens with one attached hydrogen (secondary N) is 2. The Kier molecular flexibility index (Phi) is 4.73. The van der Waals surface area contributed by atoms with Gasteiger partial charge in [0.15, 0.2) is 0 Å². The molecule has 0 spiro atoms. The Morgan fingerprint density at radius 2 is 2.17 bits per heavy atom. The Balaban J connectivity index is 1.82. The van der Waals surface area contributed by atoms with E-state index in [2.05, 4.69) is 10.6 Å². The summed E-state index contributed by atoms with van der Waals surface area (Å²) in [5.74, 6) is 0.553. The Bertz CT molecular complexity index is 383. The summed E-state index contributed by atoms with van der Waals surface area (Å²) in [6.45, 7) is 2.12. The predicted molar refractivity (Wildman–Crippen MR) is 71.5 cm³/mol. The van der Waals surface area contributed by atoms with Crippen LogP contribution in [0.25, 0.3) is 0 Å². The quantitative estimate of drug-likeness (QED) is 0.733. The van der Waals surface area contributed by atoms with Crippen LogP contribution in [0.5, 0.6) is 0 Å². The molecule has 2 rings (SSSR count). The third-order valence-corrected chi connectivity index (χ3v) is 3.27. The zero-order valence-electron chi connectivity index (χ0n) is 10.5. The van der Waals surface area contributed by atoms with E-state index in [0.717, 1.165) is 30.8 Å². The van der Waals surface area contributed by atoms with Crippen LogP contribution >= 0.6 is 0 Å². The first kappa shape index (κ1) is 13.1. The van der Waals surface area contributed by atoms with Crippen LogP contribution in [-0.4, -0.2) is 30.7 Å². The van der Waals surface area contributed by atoms with Crippen LogP contribution in [0, 0.1) is 5.92 Å². The second-order valence-corrected chi connectivity index (χ2v) is 4.78. The summed E-state index contributed by atoms with van der Waals surface area (Å²) in [7, 11) is 0. The standard InChI is InChI=1S/C14H20N2O2/c17-8-6-11-1-3-13(4-2-11)16-14(18)9-12-5-7-15-10-12/h1-4,12,15,17H,5-10H2,(H,16,18). The number of carbonyl (C=O) groups is 1. The number of hydrogen-bond acceptors (Lipinski definition) is 3. The normalized spacial score (nSPS) is 18.8. The molecule has 1 aromatic carbocycles. The van der Waals surface area contributed by atoms with Gasteiger partial charge in [0.2, 0.25) is 5.91 Å². The van der Waals surface area contributed by atoms with Crippen LogP contribution < -0.4 is 10.6 Å². The first-order valence-corrected chi connectivity index (χ1v) is 6.48. The molecule has 0 radical (unpaired) electrons. The Hall–Kier alpha value is -1.39. The summed E-state index contributed by atoms with van der Waals surface area (Å²) in [6, 6.07) is 7.64. The molecule has 0 saturated carbocycles. The summed E-state index contributed by atoms with van der Waals surface area (Å²) >= 11 is 0. The van der Waals surface area contributed by atoms with Gasteiger partial charge in [0.05, 0.1) is 0 Å². The minimum Gasteiger partial charge on any atom is -0.396 e. The first-order valence-electron chi connectivity index (χ1n) is 6.48. The number of hydrogen-bond donors (Lipinski definition) is 3. The lowest BCUT2D eigenvalue weighted by Crippen LogP contribution is -2.18. The van der Waals surface area contributed by atoms with Gasteiger partial charge in [-0.15, -0.1) is 0 Å². The van der Waals surface area contributed by atoms with E-state index in [1.165, 1.54) is 0 Å². The Labute approximate surface area is 107 Å². The number of aliphatic hydroxyl groups excluding tert-OH is 1. The van der Waals surface area contributed by atoms with Crippen molar-refractivity contribution >= 4 is 11.6 Å². The second kappa shape index (κ2) is 6.52. The first-order chi connectivity index (χ1) is 8.78. The monoisotopic (exact) mass is 248 g/mol. The molecule has 98 valence electrons. The van der Waals surface area contributed by atoms with Gasteiger partial charge in [-0.2, -0.15) is 0 Å². The molecule has 1 aromatic rings. The lowest BCUT2D eigenvalue weighted by Gasteiger charge is -2.09. The molecule has 3 N–H and O–H groups in total. The highest BCUT2D eigenvalue weighted by Gasteiger charge is 2.17. The average Bonchev–Trinajstić information content (AvgIpc) is 2.84. The van der Waals surface area contributed by atoms with Gasteiger partial charge in [-0.3, -0.25) is 4.79 Å². The molecular weight excluding hydrogens is 228 g/mol. The van der Waals surface area contributed by atoms with Crippen molar-refractivity contribution in [3.8, 4) is 0 Å². The molecule has 1 fully saturated rings. The van der Waals surface area contributed by atoms with Crippen molar-refractivity contribution in [2.24, 2.45) is 5.92 Å². The minimum atomic E-state index is 0.0820. The van der Waals surface area contributed by atoms with Crippen molar-refractivity contribution in [2.75, 3.05) is 25.0 Å². The molecule has 0 aromatic heterocycles. The summed E-state index contributed by atoms with van der Waals surface area (Å²) in [5, 5.41) is 15.0. The zero-order chi connectivity index (χ0) is 12.8. The second-order valence-electron chi connectivity index (χ2n) is 4.78. The predicted octanol–water partition coefficient (Wildman–Crippen LogP) is 1.16. The van der Waals surface area contributed by atoms with Crippen LogP contribution in [0.2, 0.25) is 0 Å². The summed E-state index contributed by atoms with van der Waals surface area (Å²) in [4.78, 5) is 11.8. The lowest BCUT2D eigenvalue weighted by atomic mass is 10.0. The van der Waals surface area contributed by atoms with Crippen molar-refractivity contribution in [1.29, 1.82) is 0 Å². The van der Waals surface area contributed by atoms with Crippen molar-refractivity contribution < 1.29 is 9.90 Å². The SMILES string of the molecule is O=C(CC1CCNC1)Nc1ccc(CCO)cc1. The number of amides is 1. The Morgan fingerprint density at radius 1 is 1.39 bits per heavy atom. The third-order valence-electron chi connectivity index (χ3n) is 3.27. The number of aliphatic hydroxyl groups is 1. The molecule has 1 heterocycles. The molecular formula is C14H20N2O2. The lowest BCUT2D eigenvalue weighted by molar-refractivity contribution is -0.116. The fourth-order valence-corrected chi connectivity index (χ4v) is 2.25. The molecule has 0 aliphatic carbocycles. The highest BCUT2D eigenvalue weighted by atomic mass is 16.2. The summed E-state index contributed by atoms with van der Waals surface area (Å²) < 4.78 is 0. The van der Waals surface area contributed by atoms with E-state index >= 15 is 0 Å².